The van der Waals surface area contributed by atoms with Gasteiger partial charge in [-0.3, -0.25) is 0 Å². The first-order valence-corrected chi connectivity index (χ1v) is 7.69. The van der Waals surface area contributed by atoms with Gasteiger partial charge in [0.15, 0.2) is 0 Å². The second-order valence-corrected chi connectivity index (χ2v) is 7.13. The zero-order valence-corrected chi connectivity index (χ0v) is 13.8. The quantitative estimate of drug-likeness (QED) is 0.696. The van der Waals surface area contributed by atoms with Gasteiger partial charge in [-0.1, -0.05) is 57.2 Å². The van der Waals surface area contributed by atoms with Crippen LogP contribution < -0.4 is 4.74 Å². The van der Waals surface area contributed by atoms with E-state index < -0.39 is 0 Å². The third-order valence-electron chi connectivity index (χ3n) is 3.20. The van der Waals surface area contributed by atoms with E-state index in [-0.39, 0.29) is 6.10 Å². The highest BCUT2D eigenvalue weighted by Gasteiger charge is 2.11. The highest BCUT2D eigenvalue weighted by molar-refractivity contribution is 5.65. The van der Waals surface area contributed by atoms with Gasteiger partial charge in [0.05, 0.1) is 6.10 Å². The van der Waals surface area contributed by atoms with Crippen LogP contribution in [-0.2, 0) is 6.42 Å². The van der Waals surface area contributed by atoms with E-state index in [1.807, 2.05) is 6.07 Å². The van der Waals surface area contributed by atoms with Gasteiger partial charge < -0.3 is 4.74 Å². The molecule has 0 heterocycles. The maximum Gasteiger partial charge on any atom is 0.120 e. The van der Waals surface area contributed by atoms with E-state index in [1.165, 1.54) is 16.7 Å². The van der Waals surface area contributed by atoms with Gasteiger partial charge in [0.25, 0.3) is 0 Å². The lowest BCUT2D eigenvalue weighted by molar-refractivity contribution is 0.242. The van der Waals surface area contributed by atoms with E-state index in [4.69, 9.17) is 4.74 Å². The van der Waals surface area contributed by atoms with Gasteiger partial charge in [-0.2, -0.15) is 0 Å². The van der Waals surface area contributed by atoms with Crippen LogP contribution in [0.5, 0.6) is 5.75 Å². The molecule has 0 aliphatic rings. The van der Waals surface area contributed by atoms with Gasteiger partial charge in [-0.25, -0.2) is 0 Å². The predicted octanol–water partition coefficient (Wildman–Crippen LogP) is 5.73. The van der Waals surface area contributed by atoms with Crippen LogP contribution in [0.3, 0.4) is 0 Å². The average Bonchev–Trinajstić information content (AvgIpc) is 2.36. The van der Waals surface area contributed by atoms with Crippen LogP contribution in [0.15, 0.2) is 48.5 Å². The molecule has 0 saturated carbocycles. The van der Waals surface area contributed by atoms with Crippen molar-refractivity contribution in [2.24, 2.45) is 5.41 Å². The Morgan fingerprint density at radius 3 is 2.14 bits per heavy atom. The fraction of sp³-hybridized carbons (Fsp3) is 0.400. The number of ether oxygens (including phenoxy) is 1. The highest BCUT2D eigenvalue weighted by atomic mass is 16.5. The lowest BCUT2D eigenvalue weighted by atomic mass is 9.87. The van der Waals surface area contributed by atoms with Crippen LogP contribution >= 0.6 is 0 Å². The molecule has 1 nitrogen and oxygen atoms in total. The fourth-order valence-corrected chi connectivity index (χ4v) is 2.49. The van der Waals surface area contributed by atoms with Gasteiger partial charge in [0.1, 0.15) is 5.75 Å². The van der Waals surface area contributed by atoms with Crippen LogP contribution in [0, 0.1) is 5.41 Å². The van der Waals surface area contributed by atoms with Crippen LogP contribution in [0.2, 0.25) is 0 Å². The molecule has 0 amide bonds. The molecule has 0 aliphatic heterocycles. The summed E-state index contributed by atoms with van der Waals surface area (Å²) in [6, 6.07) is 17.2. The molecule has 0 fully saturated rings. The highest BCUT2D eigenvalue weighted by Crippen LogP contribution is 2.27. The summed E-state index contributed by atoms with van der Waals surface area (Å²) in [5, 5.41) is 0. The van der Waals surface area contributed by atoms with E-state index in [1.54, 1.807) is 0 Å². The number of benzene rings is 2. The van der Waals surface area contributed by atoms with Crippen LogP contribution in [-0.4, -0.2) is 6.10 Å². The van der Waals surface area contributed by atoms with Crippen LogP contribution in [0.1, 0.15) is 40.2 Å². The monoisotopic (exact) mass is 282 g/mol. The van der Waals surface area contributed by atoms with Gasteiger partial charge in [-0.05, 0) is 54.5 Å². The molecule has 0 spiro atoms. The normalized spacial score (nSPS) is 11.7. The van der Waals surface area contributed by atoms with Crippen molar-refractivity contribution >= 4 is 0 Å². The predicted molar refractivity (Wildman–Crippen MR) is 90.8 cm³/mol. The van der Waals surface area contributed by atoms with Gasteiger partial charge in [0, 0.05) is 0 Å². The standard InChI is InChI=1S/C20H26O/c1-15(2)21-19-11-7-10-18(13-19)17-9-6-8-16(12-17)14-20(3,4)5/h6-13,15H,14H2,1-5H3. The molecule has 2 aromatic rings. The van der Waals surface area contributed by atoms with Crippen molar-refractivity contribution in [1.82, 2.24) is 0 Å². The van der Waals surface area contributed by atoms with Crippen molar-refractivity contribution in [1.29, 1.82) is 0 Å². The summed E-state index contributed by atoms with van der Waals surface area (Å²) >= 11 is 0. The number of hydrogen-bond acceptors (Lipinski definition) is 1. The van der Waals surface area contributed by atoms with E-state index in [2.05, 4.69) is 77.1 Å². The summed E-state index contributed by atoms with van der Waals surface area (Å²) in [6.07, 6.45) is 1.29. The van der Waals surface area contributed by atoms with E-state index in [0.29, 0.717) is 5.41 Å². The first-order valence-electron chi connectivity index (χ1n) is 7.69. The Kier molecular flexibility index (Phi) is 4.72. The summed E-state index contributed by atoms with van der Waals surface area (Å²) in [6.45, 7) is 10.9. The largest absolute Gasteiger partial charge is 0.491 e. The molecular formula is C20H26O. The number of hydrogen-bond donors (Lipinski definition) is 0. The van der Waals surface area contributed by atoms with Crippen molar-refractivity contribution in [3.8, 4) is 16.9 Å². The molecule has 112 valence electrons. The third kappa shape index (κ3) is 4.93. The molecule has 0 aliphatic carbocycles. The Morgan fingerprint density at radius 1 is 0.905 bits per heavy atom. The third-order valence-corrected chi connectivity index (χ3v) is 3.20. The fourth-order valence-electron chi connectivity index (χ4n) is 2.49. The second-order valence-electron chi connectivity index (χ2n) is 7.13. The van der Waals surface area contributed by atoms with E-state index in [0.717, 1.165) is 12.2 Å². The minimum atomic E-state index is 0.201. The maximum atomic E-state index is 5.79. The minimum absolute atomic E-state index is 0.201. The van der Waals surface area contributed by atoms with Gasteiger partial charge in [-0.15, -0.1) is 0 Å². The topological polar surface area (TPSA) is 9.23 Å². The van der Waals surface area contributed by atoms with Crippen LogP contribution in [0.4, 0.5) is 0 Å². The van der Waals surface area contributed by atoms with Crippen molar-refractivity contribution < 1.29 is 4.74 Å². The zero-order chi connectivity index (χ0) is 15.5. The smallest absolute Gasteiger partial charge is 0.120 e. The molecule has 2 aromatic carbocycles. The minimum Gasteiger partial charge on any atom is -0.491 e. The molecular weight excluding hydrogens is 256 g/mol. The number of rotatable bonds is 4. The molecule has 0 N–H and O–H groups in total. The second kappa shape index (κ2) is 6.34. The van der Waals surface area contributed by atoms with Gasteiger partial charge >= 0.3 is 0 Å². The summed E-state index contributed by atoms with van der Waals surface area (Å²) in [5.74, 6) is 0.934. The van der Waals surface area contributed by atoms with Crippen LogP contribution in [0.25, 0.3) is 11.1 Å². The van der Waals surface area contributed by atoms with Crippen molar-refractivity contribution in [2.75, 3.05) is 0 Å². The van der Waals surface area contributed by atoms with E-state index >= 15 is 0 Å². The molecule has 0 aromatic heterocycles. The lowest BCUT2D eigenvalue weighted by Crippen LogP contribution is -2.09. The summed E-state index contributed by atoms with van der Waals surface area (Å²) in [7, 11) is 0. The van der Waals surface area contributed by atoms with E-state index in [9.17, 15) is 0 Å². The average molecular weight is 282 g/mol. The van der Waals surface area contributed by atoms with Gasteiger partial charge in [0.2, 0.25) is 0 Å². The Bertz CT molecular complexity index is 591. The molecule has 21 heavy (non-hydrogen) atoms. The Hall–Kier alpha value is -1.76. The maximum absolute atomic E-state index is 5.79. The molecule has 0 atom stereocenters. The van der Waals surface area contributed by atoms with Crippen molar-refractivity contribution in [3.05, 3.63) is 54.1 Å². The first kappa shape index (κ1) is 15.6. The lowest BCUT2D eigenvalue weighted by Gasteiger charge is -2.18. The van der Waals surface area contributed by atoms with Crippen molar-refractivity contribution in [3.63, 3.8) is 0 Å². The molecule has 0 saturated heterocycles. The first-order chi connectivity index (χ1) is 9.83. The zero-order valence-electron chi connectivity index (χ0n) is 13.8. The SMILES string of the molecule is CC(C)Oc1cccc(-c2cccc(CC(C)(C)C)c2)c1. The summed E-state index contributed by atoms with van der Waals surface area (Å²) in [5.41, 5.74) is 4.16. The van der Waals surface area contributed by atoms with Crippen molar-refractivity contribution in [2.45, 2.75) is 47.1 Å². The summed E-state index contributed by atoms with van der Waals surface area (Å²) < 4.78 is 5.79. The molecule has 0 bridgehead atoms. The Balaban J connectivity index is 2.27. The molecule has 0 radical (unpaired) electrons. The Labute approximate surface area is 129 Å². The Morgan fingerprint density at radius 2 is 1.52 bits per heavy atom. The molecule has 0 unspecified atom stereocenters. The molecule has 2 rings (SSSR count). The summed E-state index contributed by atoms with van der Waals surface area (Å²) in [4.78, 5) is 0. The molecule has 1 heteroatoms.